The number of nitrogens with zero attached hydrogens (tertiary/aromatic N) is 1. The first-order chi connectivity index (χ1) is 12.6. The molecule has 2 amide bonds. The van der Waals surface area contributed by atoms with Gasteiger partial charge in [0.05, 0.1) is 11.8 Å². The van der Waals surface area contributed by atoms with Crippen molar-refractivity contribution in [3.05, 3.63) is 47.9 Å². The minimum Gasteiger partial charge on any atom is -0.459 e. The molecule has 1 aliphatic rings. The van der Waals surface area contributed by atoms with Gasteiger partial charge in [-0.05, 0) is 56.5 Å². The Hall–Kier alpha value is -2.76. The second-order valence-electron chi connectivity index (χ2n) is 6.64. The monoisotopic (exact) mass is 355 g/mol. The summed E-state index contributed by atoms with van der Waals surface area (Å²) in [6.07, 6.45) is 4.57. The quantitative estimate of drug-likeness (QED) is 0.829. The van der Waals surface area contributed by atoms with Crippen LogP contribution in [0, 0.1) is 0 Å². The number of rotatable bonds is 6. The first-order valence-corrected chi connectivity index (χ1v) is 9.13. The van der Waals surface area contributed by atoms with E-state index in [9.17, 15) is 9.59 Å². The molecule has 6 heteroatoms. The van der Waals surface area contributed by atoms with Crippen LogP contribution in [0.5, 0.6) is 0 Å². The Morgan fingerprint density at radius 1 is 1.19 bits per heavy atom. The average molecular weight is 355 g/mol. The van der Waals surface area contributed by atoms with Gasteiger partial charge < -0.3 is 20.0 Å². The van der Waals surface area contributed by atoms with Crippen molar-refractivity contribution in [1.82, 2.24) is 5.32 Å². The van der Waals surface area contributed by atoms with Crippen molar-refractivity contribution in [2.24, 2.45) is 0 Å². The van der Waals surface area contributed by atoms with Crippen molar-refractivity contribution in [2.45, 2.75) is 39.2 Å². The van der Waals surface area contributed by atoms with E-state index in [1.807, 2.05) is 26.0 Å². The van der Waals surface area contributed by atoms with E-state index >= 15 is 0 Å². The second kappa shape index (κ2) is 8.08. The first kappa shape index (κ1) is 18.0. The minimum absolute atomic E-state index is 0.0929. The lowest BCUT2D eigenvalue weighted by Crippen LogP contribution is -2.33. The molecule has 1 aliphatic heterocycles. The smallest absolute Gasteiger partial charge is 0.291 e. The van der Waals surface area contributed by atoms with Crippen molar-refractivity contribution in [1.29, 1.82) is 0 Å². The molecule has 0 bridgehead atoms. The largest absolute Gasteiger partial charge is 0.459 e. The normalized spacial score (nSPS) is 14.9. The maximum atomic E-state index is 12.8. The summed E-state index contributed by atoms with van der Waals surface area (Å²) < 4.78 is 5.12. The van der Waals surface area contributed by atoms with Crippen LogP contribution in [0.2, 0.25) is 0 Å². The van der Waals surface area contributed by atoms with E-state index in [0.717, 1.165) is 38.0 Å². The number of anilines is 2. The lowest BCUT2D eigenvalue weighted by Gasteiger charge is -2.22. The van der Waals surface area contributed by atoms with Gasteiger partial charge in [0.15, 0.2) is 5.76 Å². The lowest BCUT2D eigenvalue weighted by molar-refractivity contribution is 0.0938. The fraction of sp³-hybridized carbons (Fsp3) is 0.400. The highest BCUT2D eigenvalue weighted by Crippen LogP contribution is 2.28. The summed E-state index contributed by atoms with van der Waals surface area (Å²) in [4.78, 5) is 27.2. The van der Waals surface area contributed by atoms with Gasteiger partial charge in [-0.15, -0.1) is 0 Å². The van der Waals surface area contributed by atoms with E-state index in [1.165, 1.54) is 6.26 Å². The topological polar surface area (TPSA) is 74.6 Å². The average Bonchev–Trinajstić information content (AvgIpc) is 3.35. The van der Waals surface area contributed by atoms with Gasteiger partial charge in [-0.25, -0.2) is 0 Å². The summed E-state index contributed by atoms with van der Waals surface area (Å²) in [6, 6.07) is 8.84. The Kier molecular flexibility index (Phi) is 5.61. The van der Waals surface area contributed by atoms with Crippen LogP contribution in [0.4, 0.5) is 11.4 Å². The molecule has 2 aromatic rings. The minimum atomic E-state index is -0.336. The molecule has 1 aromatic carbocycles. The molecular formula is C20H25N3O3. The first-order valence-electron chi connectivity index (χ1n) is 9.13. The number of amides is 2. The van der Waals surface area contributed by atoms with Gasteiger partial charge in [0, 0.05) is 30.5 Å². The Bertz CT molecular complexity index is 765. The van der Waals surface area contributed by atoms with Crippen molar-refractivity contribution >= 4 is 23.2 Å². The summed E-state index contributed by atoms with van der Waals surface area (Å²) in [7, 11) is 0. The Morgan fingerprint density at radius 2 is 1.96 bits per heavy atom. The zero-order chi connectivity index (χ0) is 18.5. The van der Waals surface area contributed by atoms with Crippen LogP contribution >= 0.6 is 0 Å². The molecule has 0 spiro atoms. The SMILES string of the molecule is CC[C@H](C)NC(=O)c1cc(NC(=O)c2ccco2)ccc1N1CCCC1. The van der Waals surface area contributed by atoms with Gasteiger partial charge in [0.2, 0.25) is 0 Å². The maximum absolute atomic E-state index is 12.8. The molecule has 2 heterocycles. The molecule has 2 N–H and O–H groups in total. The van der Waals surface area contributed by atoms with Gasteiger partial charge in [-0.3, -0.25) is 9.59 Å². The predicted molar refractivity (Wildman–Crippen MR) is 102 cm³/mol. The third kappa shape index (κ3) is 4.07. The molecule has 0 saturated carbocycles. The highest BCUT2D eigenvalue weighted by atomic mass is 16.3. The summed E-state index contributed by atoms with van der Waals surface area (Å²) in [6.45, 7) is 5.91. The zero-order valence-corrected chi connectivity index (χ0v) is 15.2. The molecule has 1 fully saturated rings. The fourth-order valence-corrected chi connectivity index (χ4v) is 3.03. The fourth-order valence-electron chi connectivity index (χ4n) is 3.03. The number of benzene rings is 1. The maximum Gasteiger partial charge on any atom is 0.291 e. The van der Waals surface area contributed by atoms with Crippen LogP contribution in [0.15, 0.2) is 41.0 Å². The number of carbonyl (C=O) groups is 2. The summed E-state index contributed by atoms with van der Waals surface area (Å²) in [5, 5.41) is 5.81. The van der Waals surface area contributed by atoms with Crippen LogP contribution in [0.3, 0.4) is 0 Å². The second-order valence-corrected chi connectivity index (χ2v) is 6.64. The van der Waals surface area contributed by atoms with Crippen molar-refractivity contribution in [3.63, 3.8) is 0 Å². The molecule has 26 heavy (non-hydrogen) atoms. The summed E-state index contributed by atoms with van der Waals surface area (Å²) in [5.41, 5.74) is 2.08. The molecule has 1 saturated heterocycles. The van der Waals surface area contributed by atoms with Crippen molar-refractivity contribution in [2.75, 3.05) is 23.3 Å². The van der Waals surface area contributed by atoms with E-state index < -0.39 is 0 Å². The molecule has 1 aromatic heterocycles. The third-order valence-corrected chi connectivity index (χ3v) is 4.68. The molecule has 0 radical (unpaired) electrons. The third-order valence-electron chi connectivity index (χ3n) is 4.68. The number of hydrogen-bond acceptors (Lipinski definition) is 4. The molecule has 1 atom stereocenters. The Morgan fingerprint density at radius 3 is 2.62 bits per heavy atom. The summed E-state index contributed by atoms with van der Waals surface area (Å²) >= 11 is 0. The van der Waals surface area contributed by atoms with Crippen molar-refractivity contribution < 1.29 is 14.0 Å². The number of hydrogen-bond donors (Lipinski definition) is 2. The van der Waals surface area contributed by atoms with Crippen LogP contribution in [0.1, 0.15) is 54.0 Å². The van der Waals surface area contributed by atoms with Crippen LogP contribution < -0.4 is 15.5 Å². The highest BCUT2D eigenvalue weighted by molar-refractivity contribution is 6.05. The molecule has 138 valence electrons. The van der Waals surface area contributed by atoms with E-state index in [1.54, 1.807) is 18.2 Å². The number of furan rings is 1. The molecular weight excluding hydrogens is 330 g/mol. The van der Waals surface area contributed by atoms with E-state index in [0.29, 0.717) is 11.3 Å². The number of nitrogens with one attached hydrogen (secondary N) is 2. The van der Waals surface area contributed by atoms with Crippen LogP contribution in [0.25, 0.3) is 0 Å². The summed E-state index contributed by atoms with van der Waals surface area (Å²) in [5.74, 6) is -0.216. The molecule has 0 aliphatic carbocycles. The van der Waals surface area contributed by atoms with Gasteiger partial charge in [-0.1, -0.05) is 6.92 Å². The van der Waals surface area contributed by atoms with Gasteiger partial charge >= 0.3 is 0 Å². The highest BCUT2D eigenvalue weighted by Gasteiger charge is 2.21. The Balaban J connectivity index is 1.86. The lowest BCUT2D eigenvalue weighted by atomic mass is 10.1. The number of carbonyl (C=O) groups excluding carboxylic acids is 2. The standard InChI is InChI=1S/C20H25N3O3/c1-3-14(2)21-19(24)16-13-15(22-20(25)18-7-6-12-26-18)8-9-17(16)23-10-4-5-11-23/h6-9,12-14H,3-5,10-11H2,1-2H3,(H,21,24)(H,22,25)/t14-/m0/s1. The van der Waals surface area contributed by atoms with Gasteiger partial charge in [0.25, 0.3) is 11.8 Å². The predicted octanol–water partition coefficient (Wildman–Crippen LogP) is 3.66. The van der Waals surface area contributed by atoms with Gasteiger partial charge in [0.1, 0.15) is 0 Å². The van der Waals surface area contributed by atoms with E-state index in [2.05, 4.69) is 15.5 Å². The van der Waals surface area contributed by atoms with E-state index in [4.69, 9.17) is 4.42 Å². The Labute approximate surface area is 153 Å². The molecule has 0 unspecified atom stereocenters. The zero-order valence-electron chi connectivity index (χ0n) is 15.2. The van der Waals surface area contributed by atoms with Crippen molar-refractivity contribution in [3.8, 4) is 0 Å². The molecule has 3 rings (SSSR count). The van der Waals surface area contributed by atoms with E-state index in [-0.39, 0.29) is 23.6 Å². The van der Waals surface area contributed by atoms with Gasteiger partial charge in [-0.2, -0.15) is 0 Å². The van der Waals surface area contributed by atoms with Crippen LogP contribution in [-0.2, 0) is 0 Å². The molecule has 6 nitrogen and oxygen atoms in total. The van der Waals surface area contributed by atoms with Crippen LogP contribution in [-0.4, -0.2) is 30.9 Å².